The van der Waals surface area contributed by atoms with E-state index in [9.17, 15) is 9.59 Å². The first kappa shape index (κ1) is 27.1. The number of Topliss-reactive ketones (excluding diaryl/α,β-unsaturated/α-hetero) is 1. The fourth-order valence-corrected chi connectivity index (χ4v) is 4.98. The minimum Gasteiger partial charge on any atom is -0.496 e. The molecule has 1 amide bonds. The van der Waals surface area contributed by atoms with Crippen molar-refractivity contribution in [3.8, 4) is 17.1 Å². The fourth-order valence-electron chi connectivity index (χ4n) is 4.98. The van der Waals surface area contributed by atoms with Crippen LogP contribution in [0.2, 0.25) is 0 Å². The lowest BCUT2D eigenvalue weighted by molar-refractivity contribution is -0.121. The van der Waals surface area contributed by atoms with Gasteiger partial charge in [-0.25, -0.2) is 9.97 Å². The number of H-pyrrole nitrogens is 2. The SMILES string of the molecule is CCC(=O)CCCCC[C@H](NC(=O)Cc1c[nH]c2ccncc12)c1ncc(-c2cc(OC)c3ccccc3n2)[nH]1. The van der Waals surface area contributed by atoms with Gasteiger partial charge in [-0.05, 0) is 36.6 Å². The van der Waals surface area contributed by atoms with E-state index in [4.69, 9.17) is 9.72 Å². The fraction of sp³-hybridized carbons (Fsp3) is 0.323. The second-order valence-corrected chi connectivity index (χ2v) is 9.93. The number of ether oxygens (including phenoxy) is 1. The number of benzene rings is 1. The predicted molar refractivity (Wildman–Crippen MR) is 155 cm³/mol. The van der Waals surface area contributed by atoms with E-state index in [0.717, 1.165) is 58.1 Å². The molecule has 40 heavy (non-hydrogen) atoms. The molecule has 9 heteroatoms. The number of methoxy groups -OCH3 is 1. The molecule has 5 aromatic rings. The number of imidazole rings is 1. The van der Waals surface area contributed by atoms with E-state index in [2.05, 4.69) is 25.3 Å². The van der Waals surface area contributed by atoms with Crippen LogP contribution in [0.25, 0.3) is 33.2 Å². The highest BCUT2D eigenvalue weighted by molar-refractivity contribution is 5.89. The van der Waals surface area contributed by atoms with Gasteiger partial charge >= 0.3 is 0 Å². The molecule has 4 aromatic heterocycles. The summed E-state index contributed by atoms with van der Waals surface area (Å²) >= 11 is 0. The lowest BCUT2D eigenvalue weighted by atomic mass is 10.0. The maximum atomic E-state index is 13.2. The Morgan fingerprint density at radius 1 is 1.07 bits per heavy atom. The van der Waals surface area contributed by atoms with E-state index in [1.54, 1.807) is 25.7 Å². The molecule has 206 valence electrons. The molecular weight excluding hydrogens is 504 g/mol. The number of carbonyl (C=O) groups excluding carboxylic acids is 2. The van der Waals surface area contributed by atoms with Crippen molar-refractivity contribution in [2.75, 3.05) is 7.11 Å². The van der Waals surface area contributed by atoms with Gasteiger partial charge in [0.05, 0.1) is 42.7 Å². The Kier molecular flexibility index (Phi) is 8.49. The van der Waals surface area contributed by atoms with Gasteiger partial charge in [-0.3, -0.25) is 14.6 Å². The Morgan fingerprint density at radius 3 is 2.80 bits per heavy atom. The summed E-state index contributed by atoms with van der Waals surface area (Å²) in [5.41, 5.74) is 4.13. The second-order valence-electron chi connectivity index (χ2n) is 9.93. The third-order valence-corrected chi connectivity index (χ3v) is 7.20. The summed E-state index contributed by atoms with van der Waals surface area (Å²) in [7, 11) is 1.65. The monoisotopic (exact) mass is 538 g/mol. The summed E-state index contributed by atoms with van der Waals surface area (Å²) < 4.78 is 5.62. The van der Waals surface area contributed by atoms with E-state index >= 15 is 0 Å². The van der Waals surface area contributed by atoms with Crippen LogP contribution in [0.4, 0.5) is 0 Å². The standard InChI is InChI=1S/C31H34N6O3/c1-3-21(38)9-5-4-6-12-26(36-30(39)15-20-17-33-24-13-14-32-18-23(20)24)31-34-19-28(37-31)27-16-29(40-2)22-10-7-8-11-25(22)35-27/h7-8,10-11,13-14,16-19,26,33H,3-6,9,12,15H2,1-2H3,(H,34,37)(H,36,39)/t26-/m0/s1. The zero-order valence-electron chi connectivity index (χ0n) is 22.9. The van der Waals surface area contributed by atoms with Crippen molar-refractivity contribution in [1.29, 1.82) is 0 Å². The number of ketones is 1. The molecule has 0 spiro atoms. The average Bonchev–Trinajstić information content (AvgIpc) is 3.63. The van der Waals surface area contributed by atoms with Gasteiger partial charge in [0.1, 0.15) is 17.4 Å². The summed E-state index contributed by atoms with van der Waals surface area (Å²) in [6, 6.07) is 11.3. The third kappa shape index (κ3) is 6.20. The highest BCUT2D eigenvalue weighted by atomic mass is 16.5. The van der Waals surface area contributed by atoms with Crippen LogP contribution in [0.15, 0.2) is 61.2 Å². The van der Waals surface area contributed by atoms with Gasteiger partial charge < -0.3 is 20.0 Å². The summed E-state index contributed by atoms with van der Waals surface area (Å²) in [5, 5.41) is 5.06. The first-order valence-corrected chi connectivity index (χ1v) is 13.8. The molecule has 3 N–H and O–H groups in total. The number of fused-ring (bicyclic) bond motifs is 2. The van der Waals surface area contributed by atoms with Gasteiger partial charge in [0, 0.05) is 53.8 Å². The number of aromatic amines is 2. The van der Waals surface area contributed by atoms with Gasteiger partial charge in [-0.2, -0.15) is 0 Å². The maximum absolute atomic E-state index is 13.2. The number of hydrogen-bond acceptors (Lipinski definition) is 6. The number of rotatable bonds is 13. The lowest BCUT2D eigenvalue weighted by Gasteiger charge is -2.17. The Hall–Kier alpha value is -4.53. The first-order chi connectivity index (χ1) is 19.6. The number of nitrogens with one attached hydrogen (secondary N) is 3. The topological polar surface area (TPSA) is 126 Å². The Balaban J connectivity index is 1.34. The van der Waals surface area contributed by atoms with Crippen LogP contribution >= 0.6 is 0 Å². The van der Waals surface area contributed by atoms with Crippen LogP contribution in [0.1, 0.15) is 62.9 Å². The number of amides is 1. The van der Waals surface area contributed by atoms with Crippen LogP contribution in [0.5, 0.6) is 5.75 Å². The molecule has 0 radical (unpaired) electrons. The molecule has 0 aliphatic rings. The quantitative estimate of drug-likeness (QED) is 0.162. The summed E-state index contributed by atoms with van der Waals surface area (Å²) in [6.07, 6.45) is 11.8. The maximum Gasteiger partial charge on any atom is 0.225 e. The second kappa shape index (κ2) is 12.5. The number of unbranched alkanes of at least 4 members (excludes halogenated alkanes) is 2. The smallest absolute Gasteiger partial charge is 0.225 e. The van der Waals surface area contributed by atoms with Gasteiger partial charge in [-0.1, -0.05) is 31.9 Å². The molecule has 4 heterocycles. The molecule has 0 aliphatic heterocycles. The minimum absolute atomic E-state index is 0.0978. The van der Waals surface area contributed by atoms with Gasteiger partial charge in [0.25, 0.3) is 0 Å². The van der Waals surface area contributed by atoms with Crippen molar-refractivity contribution in [3.63, 3.8) is 0 Å². The molecule has 1 atom stereocenters. The molecule has 0 saturated carbocycles. The Bertz CT molecular complexity index is 1620. The van der Waals surface area contributed by atoms with Crippen LogP contribution < -0.4 is 10.1 Å². The van der Waals surface area contributed by atoms with E-state index in [-0.39, 0.29) is 24.2 Å². The largest absolute Gasteiger partial charge is 0.496 e. The summed E-state index contributed by atoms with van der Waals surface area (Å²) in [4.78, 5) is 45.1. The van der Waals surface area contributed by atoms with Gasteiger partial charge in [0.2, 0.25) is 5.91 Å². The molecule has 0 aliphatic carbocycles. The zero-order chi connectivity index (χ0) is 27.9. The molecule has 5 rings (SSSR count). The van der Waals surface area contributed by atoms with Crippen molar-refractivity contribution in [2.45, 2.75) is 57.9 Å². The normalized spacial score (nSPS) is 12.1. The number of pyridine rings is 2. The van der Waals surface area contributed by atoms with Crippen molar-refractivity contribution in [3.05, 3.63) is 72.6 Å². The highest BCUT2D eigenvalue weighted by Crippen LogP contribution is 2.30. The van der Waals surface area contributed by atoms with E-state index in [0.29, 0.717) is 30.8 Å². The molecule has 0 bridgehead atoms. The Labute approximate surface area is 232 Å². The van der Waals surface area contributed by atoms with Gasteiger partial charge in [0.15, 0.2) is 0 Å². The number of hydrogen-bond donors (Lipinski definition) is 3. The first-order valence-electron chi connectivity index (χ1n) is 13.8. The molecule has 0 unspecified atom stereocenters. The summed E-state index contributed by atoms with van der Waals surface area (Å²) in [6.45, 7) is 1.89. The zero-order valence-corrected chi connectivity index (χ0v) is 22.9. The Morgan fingerprint density at radius 2 is 1.95 bits per heavy atom. The van der Waals surface area contributed by atoms with Gasteiger partial charge in [-0.15, -0.1) is 0 Å². The third-order valence-electron chi connectivity index (χ3n) is 7.20. The molecule has 0 fully saturated rings. The van der Waals surface area contributed by atoms with Crippen LogP contribution in [0, 0.1) is 0 Å². The number of para-hydroxylation sites is 1. The number of nitrogens with zero attached hydrogens (tertiary/aromatic N) is 3. The minimum atomic E-state index is -0.311. The molecule has 0 saturated heterocycles. The van der Waals surface area contributed by atoms with E-state index in [1.807, 2.05) is 49.5 Å². The van der Waals surface area contributed by atoms with Crippen molar-refractivity contribution < 1.29 is 14.3 Å². The lowest BCUT2D eigenvalue weighted by Crippen LogP contribution is -2.30. The predicted octanol–water partition coefficient (Wildman–Crippen LogP) is 5.84. The van der Waals surface area contributed by atoms with E-state index in [1.165, 1.54) is 0 Å². The number of carbonyl (C=O) groups is 2. The van der Waals surface area contributed by atoms with Crippen molar-refractivity contribution in [1.82, 2.24) is 30.2 Å². The average molecular weight is 539 g/mol. The van der Waals surface area contributed by atoms with E-state index < -0.39 is 0 Å². The van der Waals surface area contributed by atoms with Crippen LogP contribution in [-0.4, -0.2) is 43.7 Å². The molecular formula is C31H34N6O3. The van der Waals surface area contributed by atoms with Crippen molar-refractivity contribution >= 4 is 33.5 Å². The molecule has 1 aromatic carbocycles. The number of aromatic nitrogens is 5. The van der Waals surface area contributed by atoms with Crippen LogP contribution in [-0.2, 0) is 16.0 Å². The summed E-state index contributed by atoms with van der Waals surface area (Å²) in [5.74, 6) is 1.59. The molecule has 9 nitrogen and oxygen atoms in total. The van der Waals surface area contributed by atoms with Crippen LogP contribution in [0.3, 0.4) is 0 Å². The highest BCUT2D eigenvalue weighted by Gasteiger charge is 2.20. The van der Waals surface area contributed by atoms with Crippen molar-refractivity contribution in [2.24, 2.45) is 0 Å².